The van der Waals surface area contributed by atoms with Crippen LogP contribution in [-0.4, -0.2) is 23.1 Å². The second-order valence-corrected chi connectivity index (χ2v) is 4.45. The van der Waals surface area contributed by atoms with Crippen LogP contribution in [0.5, 0.6) is 0 Å². The normalized spacial score (nSPS) is 15.2. The Bertz CT molecular complexity index is 377. The van der Waals surface area contributed by atoms with Crippen molar-refractivity contribution < 1.29 is 4.74 Å². The van der Waals surface area contributed by atoms with Crippen LogP contribution in [0.25, 0.3) is 0 Å². The standard InChI is InChI=1S/C12H19N3O/c1-8(2)12-14-10(3-5-13)9-7-16-6-4-11(9)15-12/h8H,3-7,13H2,1-2H3. The van der Waals surface area contributed by atoms with E-state index in [0.717, 1.165) is 36.7 Å². The van der Waals surface area contributed by atoms with Gasteiger partial charge in [0, 0.05) is 24.3 Å². The maximum atomic E-state index is 5.62. The second-order valence-electron chi connectivity index (χ2n) is 4.45. The van der Waals surface area contributed by atoms with Gasteiger partial charge in [-0.15, -0.1) is 0 Å². The maximum Gasteiger partial charge on any atom is 0.131 e. The largest absolute Gasteiger partial charge is 0.376 e. The summed E-state index contributed by atoms with van der Waals surface area (Å²) in [5.74, 6) is 1.30. The molecule has 0 saturated heterocycles. The summed E-state index contributed by atoms with van der Waals surface area (Å²) in [5, 5.41) is 0. The first-order chi connectivity index (χ1) is 7.72. The number of nitrogens with two attached hydrogens (primary N) is 1. The zero-order valence-electron chi connectivity index (χ0n) is 9.99. The molecular weight excluding hydrogens is 202 g/mol. The van der Waals surface area contributed by atoms with E-state index in [-0.39, 0.29) is 0 Å². The Kier molecular flexibility index (Phi) is 3.51. The zero-order chi connectivity index (χ0) is 11.5. The molecule has 16 heavy (non-hydrogen) atoms. The smallest absolute Gasteiger partial charge is 0.131 e. The lowest BCUT2D eigenvalue weighted by Gasteiger charge is -2.20. The van der Waals surface area contributed by atoms with Gasteiger partial charge < -0.3 is 10.5 Å². The molecule has 1 aliphatic rings. The lowest BCUT2D eigenvalue weighted by molar-refractivity contribution is 0.108. The minimum absolute atomic E-state index is 0.365. The van der Waals surface area contributed by atoms with Gasteiger partial charge in [-0.1, -0.05) is 13.8 Å². The van der Waals surface area contributed by atoms with Gasteiger partial charge in [0.05, 0.1) is 24.6 Å². The summed E-state index contributed by atoms with van der Waals surface area (Å²) in [6.07, 6.45) is 1.71. The van der Waals surface area contributed by atoms with Crippen LogP contribution in [0.15, 0.2) is 0 Å². The van der Waals surface area contributed by atoms with Crippen molar-refractivity contribution in [1.82, 2.24) is 9.97 Å². The van der Waals surface area contributed by atoms with E-state index in [2.05, 4.69) is 23.8 Å². The number of fused-ring (bicyclic) bond motifs is 1. The Hall–Kier alpha value is -1.00. The van der Waals surface area contributed by atoms with Crippen molar-refractivity contribution in [2.24, 2.45) is 5.73 Å². The molecule has 1 aliphatic heterocycles. The Morgan fingerprint density at radius 2 is 2.19 bits per heavy atom. The molecule has 0 amide bonds. The van der Waals surface area contributed by atoms with E-state index in [0.29, 0.717) is 19.1 Å². The third-order valence-corrected chi connectivity index (χ3v) is 2.82. The van der Waals surface area contributed by atoms with Gasteiger partial charge in [0.2, 0.25) is 0 Å². The lowest BCUT2D eigenvalue weighted by Crippen LogP contribution is -2.19. The highest BCUT2D eigenvalue weighted by Gasteiger charge is 2.18. The fraction of sp³-hybridized carbons (Fsp3) is 0.667. The molecule has 0 saturated carbocycles. The Morgan fingerprint density at radius 1 is 1.38 bits per heavy atom. The summed E-state index contributed by atoms with van der Waals surface area (Å²) in [4.78, 5) is 9.23. The Morgan fingerprint density at radius 3 is 2.88 bits per heavy atom. The first-order valence-corrected chi connectivity index (χ1v) is 5.88. The van der Waals surface area contributed by atoms with Crippen molar-refractivity contribution in [2.75, 3.05) is 13.2 Å². The second kappa shape index (κ2) is 4.89. The lowest BCUT2D eigenvalue weighted by atomic mass is 10.0. The van der Waals surface area contributed by atoms with E-state index in [9.17, 15) is 0 Å². The predicted octanol–water partition coefficient (Wildman–Crippen LogP) is 1.17. The van der Waals surface area contributed by atoms with Gasteiger partial charge in [-0.3, -0.25) is 0 Å². The van der Waals surface area contributed by atoms with E-state index >= 15 is 0 Å². The number of ether oxygens (including phenoxy) is 1. The number of hydrogen-bond donors (Lipinski definition) is 1. The maximum absolute atomic E-state index is 5.62. The average molecular weight is 221 g/mol. The third-order valence-electron chi connectivity index (χ3n) is 2.82. The SMILES string of the molecule is CC(C)c1nc(CCN)c2c(n1)CCOC2. The van der Waals surface area contributed by atoms with Gasteiger partial charge in [0.25, 0.3) is 0 Å². The molecule has 2 heterocycles. The van der Waals surface area contributed by atoms with Crippen LogP contribution in [0.2, 0.25) is 0 Å². The number of aromatic nitrogens is 2. The van der Waals surface area contributed by atoms with Crippen LogP contribution in [0, 0.1) is 0 Å². The van der Waals surface area contributed by atoms with Crippen LogP contribution in [0.3, 0.4) is 0 Å². The quantitative estimate of drug-likeness (QED) is 0.832. The van der Waals surface area contributed by atoms with Crippen molar-refractivity contribution in [3.05, 3.63) is 22.8 Å². The molecule has 1 aromatic rings. The molecule has 0 aliphatic carbocycles. The molecule has 0 spiro atoms. The molecule has 4 nitrogen and oxygen atoms in total. The summed E-state index contributed by atoms with van der Waals surface area (Å²) in [6.45, 7) is 6.27. The molecular formula is C12H19N3O. The minimum atomic E-state index is 0.365. The first-order valence-electron chi connectivity index (χ1n) is 5.88. The van der Waals surface area contributed by atoms with Crippen molar-refractivity contribution >= 4 is 0 Å². The van der Waals surface area contributed by atoms with Gasteiger partial charge >= 0.3 is 0 Å². The van der Waals surface area contributed by atoms with Crippen LogP contribution >= 0.6 is 0 Å². The van der Waals surface area contributed by atoms with E-state index in [1.54, 1.807) is 0 Å². The van der Waals surface area contributed by atoms with Gasteiger partial charge in [-0.25, -0.2) is 9.97 Å². The highest BCUT2D eigenvalue weighted by Crippen LogP contribution is 2.21. The van der Waals surface area contributed by atoms with Crippen LogP contribution in [-0.2, 0) is 24.2 Å². The topological polar surface area (TPSA) is 61.0 Å². The molecule has 0 radical (unpaired) electrons. The minimum Gasteiger partial charge on any atom is -0.376 e. The molecule has 2 rings (SSSR count). The van der Waals surface area contributed by atoms with Crippen molar-refractivity contribution in [1.29, 1.82) is 0 Å². The van der Waals surface area contributed by atoms with E-state index in [4.69, 9.17) is 10.5 Å². The molecule has 0 aromatic carbocycles. The van der Waals surface area contributed by atoms with Crippen LogP contribution in [0.1, 0.15) is 42.5 Å². The van der Waals surface area contributed by atoms with Gasteiger partial charge in [0.15, 0.2) is 0 Å². The highest BCUT2D eigenvalue weighted by molar-refractivity contribution is 5.28. The molecule has 0 bridgehead atoms. The van der Waals surface area contributed by atoms with Crippen molar-refractivity contribution in [2.45, 2.75) is 39.2 Å². The molecule has 1 aromatic heterocycles. The highest BCUT2D eigenvalue weighted by atomic mass is 16.5. The van der Waals surface area contributed by atoms with Crippen LogP contribution < -0.4 is 5.73 Å². The molecule has 4 heteroatoms. The Labute approximate surface area is 96.2 Å². The molecule has 2 N–H and O–H groups in total. The van der Waals surface area contributed by atoms with Gasteiger partial charge in [0.1, 0.15) is 5.82 Å². The summed E-state index contributed by atoms with van der Waals surface area (Å²) < 4.78 is 5.46. The Balaban J connectivity index is 2.43. The fourth-order valence-corrected chi connectivity index (χ4v) is 1.92. The first kappa shape index (κ1) is 11.5. The number of hydrogen-bond acceptors (Lipinski definition) is 4. The molecule has 0 unspecified atom stereocenters. The summed E-state index contributed by atoms with van der Waals surface area (Å²) in [6, 6.07) is 0. The summed E-state index contributed by atoms with van der Waals surface area (Å²) in [5.41, 5.74) is 9.03. The van der Waals surface area contributed by atoms with Crippen LogP contribution in [0.4, 0.5) is 0 Å². The van der Waals surface area contributed by atoms with E-state index in [1.165, 1.54) is 5.56 Å². The van der Waals surface area contributed by atoms with Gasteiger partial charge in [-0.05, 0) is 6.54 Å². The van der Waals surface area contributed by atoms with E-state index in [1.807, 2.05) is 0 Å². The molecule has 88 valence electrons. The average Bonchev–Trinajstić information content (AvgIpc) is 2.29. The third kappa shape index (κ3) is 2.23. The molecule has 0 fully saturated rings. The fourth-order valence-electron chi connectivity index (χ4n) is 1.92. The molecule has 0 atom stereocenters. The summed E-state index contributed by atoms with van der Waals surface area (Å²) >= 11 is 0. The van der Waals surface area contributed by atoms with Crippen molar-refractivity contribution in [3.63, 3.8) is 0 Å². The monoisotopic (exact) mass is 221 g/mol. The predicted molar refractivity (Wildman–Crippen MR) is 62.2 cm³/mol. The zero-order valence-corrected chi connectivity index (χ0v) is 9.99. The number of nitrogens with zero attached hydrogens (tertiary/aromatic N) is 2. The van der Waals surface area contributed by atoms with Gasteiger partial charge in [-0.2, -0.15) is 0 Å². The number of rotatable bonds is 3. The van der Waals surface area contributed by atoms with Crippen molar-refractivity contribution in [3.8, 4) is 0 Å². The summed E-state index contributed by atoms with van der Waals surface area (Å²) in [7, 11) is 0. The van der Waals surface area contributed by atoms with E-state index < -0.39 is 0 Å².